The van der Waals surface area contributed by atoms with Gasteiger partial charge in [0.25, 0.3) is 0 Å². The SMILES string of the molecule is CCCCBr.CCCCF. The molecule has 2 heteroatoms. The molecule has 0 amide bonds. The minimum Gasteiger partial charge on any atom is -0.251 e. The van der Waals surface area contributed by atoms with E-state index in [9.17, 15) is 4.39 Å². The molecule has 0 rings (SSSR count). The van der Waals surface area contributed by atoms with Crippen LogP contribution in [0.1, 0.15) is 39.5 Å². The molecule has 10 heavy (non-hydrogen) atoms. The first-order valence-electron chi connectivity index (χ1n) is 3.95. The van der Waals surface area contributed by atoms with E-state index >= 15 is 0 Å². The normalized spacial score (nSPS) is 8.40. The largest absolute Gasteiger partial charge is 0.251 e. The van der Waals surface area contributed by atoms with Crippen LogP contribution < -0.4 is 0 Å². The van der Waals surface area contributed by atoms with Gasteiger partial charge in [-0.25, -0.2) is 0 Å². The standard InChI is InChI=1S/C4H9Br.C4H9F/c2*1-2-3-4-5/h2*2-4H2,1H3. The van der Waals surface area contributed by atoms with Gasteiger partial charge in [0.2, 0.25) is 0 Å². The van der Waals surface area contributed by atoms with Crippen LogP contribution in [0.15, 0.2) is 0 Å². The van der Waals surface area contributed by atoms with E-state index in [4.69, 9.17) is 0 Å². The Morgan fingerprint density at radius 2 is 1.60 bits per heavy atom. The molecule has 0 nitrogen and oxygen atoms in total. The van der Waals surface area contributed by atoms with Crippen LogP contribution in [0.3, 0.4) is 0 Å². The van der Waals surface area contributed by atoms with Gasteiger partial charge in [-0.05, 0) is 12.8 Å². The fourth-order valence-electron chi connectivity index (χ4n) is 0.267. The zero-order chi connectivity index (χ0) is 8.24. The first kappa shape index (κ1) is 13.0. The maximum Gasteiger partial charge on any atom is 0.0894 e. The fraction of sp³-hybridized carbons (Fsp3) is 1.00. The van der Waals surface area contributed by atoms with E-state index in [-0.39, 0.29) is 6.67 Å². The van der Waals surface area contributed by atoms with Gasteiger partial charge in [-0.15, -0.1) is 0 Å². The van der Waals surface area contributed by atoms with E-state index in [0.717, 1.165) is 18.2 Å². The van der Waals surface area contributed by atoms with Gasteiger partial charge >= 0.3 is 0 Å². The average molecular weight is 213 g/mol. The van der Waals surface area contributed by atoms with E-state index in [2.05, 4.69) is 22.9 Å². The highest BCUT2D eigenvalue weighted by molar-refractivity contribution is 9.09. The second-order valence-corrected chi connectivity index (χ2v) is 2.88. The molecule has 0 aromatic carbocycles. The molecule has 0 fully saturated rings. The van der Waals surface area contributed by atoms with Gasteiger partial charge in [0.05, 0.1) is 6.67 Å². The Hall–Kier alpha value is 0.410. The molecular formula is C8H18BrF. The topological polar surface area (TPSA) is 0 Å². The summed E-state index contributed by atoms with van der Waals surface area (Å²) in [4.78, 5) is 0. The van der Waals surface area contributed by atoms with Crippen LogP contribution in [-0.2, 0) is 0 Å². The van der Waals surface area contributed by atoms with Gasteiger partial charge in [-0.1, -0.05) is 42.6 Å². The maximum atomic E-state index is 11.0. The van der Waals surface area contributed by atoms with Crippen molar-refractivity contribution in [1.29, 1.82) is 0 Å². The smallest absolute Gasteiger partial charge is 0.0894 e. The molecular weight excluding hydrogens is 195 g/mol. The van der Waals surface area contributed by atoms with Crippen LogP contribution in [0.25, 0.3) is 0 Å². The molecule has 0 heterocycles. The summed E-state index contributed by atoms with van der Waals surface area (Å²) in [5.41, 5.74) is 0. The molecule has 0 aliphatic rings. The first-order valence-corrected chi connectivity index (χ1v) is 5.07. The minimum atomic E-state index is -0.156. The van der Waals surface area contributed by atoms with E-state index in [1.165, 1.54) is 12.8 Å². The van der Waals surface area contributed by atoms with Crippen LogP contribution in [0.4, 0.5) is 4.39 Å². The average Bonchev–Trinajstić information content (AvgIpc) is 1.93. The number of rotatable bonds is 4. The highest BCUT2D eigenvalue weighted by Crippen LogP contribution is 1.89. The summed E-state index contributed by atoms with van der Waals surface area (Å²) in [7, 11) is 0. The van der Waals surface area contributed by atoms with Gasteiger partial charge in [0.15, 0.2) is 0 Å². The monoisotopic (exact) mass is 212 g/mol. The zero-order valence-electron chi connectivity index (χ0n) is 7.00. The van der Waals surface area contributed by atoms with Crippen molar-refractivity contribution in [3.05, 3.63) is 0 Å². The maximum absolute atomic E-state index is 11.0. The Kier molecular flexibility index (Phi) is 21.1. The quantitative estimate of drug-likeness (QED) is 0.620. The van der Waals surface area contributed by atoms with Crippen molar-refractivity contribution in [2.45, 2.75) is 39.5 Å². The van der Waals surface area contributed by atoms with Crippen molar-refractivity contribution in [3.63, 3.8) is 0 Å². The Bertz CT molecular complexity index is 30.2. The third kappa shape index (κ3) is 23.7. The molecule has 0 N–H and O–H groups in total. The molecule has 0 saturated carbocycles. The summed E-state index contributed by atoms with van der Waals surface area (Å²) < 4.78 is 11.0. The molecule has 0 aromatic rings. The first-order chi connectivity index (χ1) is 4.83. The second-order valence-electron chi connectivity index (χ2n) is 2.09. The summed E-state index contributed by atoms with van der Waals surface area (Å²) in [5, 5.41) is 1.16. The van der Waals surface area contributed by atoms with Crippen molar-refractivity contribution in [2.24, 2.45) is 0 Å². The van der Waals surface area contributed by atoms with Crippen LogP contribution in [0.2, 0.25) is 0 Å². The van der Waals surface area contributed by atoms with Crippen LogP contribution >= 0.6 is 15.9 Å². The van der Waals surface area contributed by atoms with Crippen molar-refractivity contribution in [2.75, 3.05) is 12.0 Å². The lowest BCUT2D eigenvalue weighted by atomic mass is 10.4. The van der Waals surface area contributed by atoms with Gasteiger partial charge in [0.1, 0.15) is 0 Å². The van der Waals surface area contributed by atoms with Crippen molar-refractivity contribution >= 4 is 15.9 Å². The van der Waals surface area contributed by atoms with Gasteiger partial charge in [0, 0.05) is 5.33 Å². The highest BCUT2D eigenvalue weighted by atomic mass is 79.9. The number of alkyl halides is 2. The summed E-state index contributed by atoms with van der Waals surface area (Å²) >= 11 is 3.31. The third-order valence-electron chi connectivity index (χ3n) is 0.974. The minimum absolute atomic E-state index is 0.156. The van der Waals surface area contributed by atoms with E-state index in [1.807, 2.05) is 6.92 Å². The Morgan fingerprint density at radius 1 is 1.10 bits per heavy atom. The highest BCUT2D eigenvalue weighted by Gasteiger charge is 1.71. The molecule has 0 bridgehead atoms. The molecule has 0 saturated heterocycles. The molecule has 0 aliphatic heterocycles. The summed E-state index contributed by atoms with van der Waals surface area (Å²) in [6.45, 7) is 4.00. The number of unbranched alkanes of at least 4 members (excludes halogenated alkanes) is 2. The van der Waals surface area contributed by atoms with Gasteiger partial charge in [-0.2, -0.15) is 0 Å². The molecule has 0 aliphatic carbocycles. The Balaban J connectivity index is 0. The van der Waals surface area contributed by atoms with Gasteiger partial charge < -0.3 is 0 Å². The molecule has 0 spiro atoms. The predicted octanol–water partition coefficient (Wildman–Crippen LogP) is 3.94. The lowest BCUT2D eigenvalue weighted by Crippen LogP contribution is -1.67. The Labute approximate surface area is 72.3 Å². The number of hydrogen-bond donors (Lipinski definition) is 0. The van der Waals surface area contributed by atoms with Crippen LogP contribution in [-0.4, -0.2) is 12.0 Å². The van der Waals surface area contributed by atoms with Crippen molar-refractivity contribution in [3.8, 4) is 0 Å². The molecule has 0 atom stereocenters. The van der Waals surface area contributed by atoms with Gasteiger partial charge in [-0.3, -0.25) is 4.39 Å². The predicted molar refractivity (Wildman–Crippen MR) is 49.6 cm³/mol. The van der Waals surface area contributed by atoms with E-state index < -0.39 is 0 Å². The lowest BCUT2D eigenvalue weighted by Gasteiger charge is -1.77. The van der Waals surface area contributed by atoms with Crippen LogP contribution in [0.5, 0.6) is 0 Å². The van der Waals surface area contributed by atoms with E-state index in [0.29, 0.717) is 0 Å². The molecule has 0 aromatic heterocycles. The number of hydrogen-bond acceptors (Lipinski definition) is 0. The molecule has 0 radical (unpaired) electrons. The molecule has 0 unspecified atom stereocenters. The fourth-order valence-corrected chi connectivity index (χ4v) is 0.828. The lowest BCUT2D eigenvalue weighted by molar-refractivity contribution is 0.469. The third-order valence-corrected chi connectivity index (χ3v) is 1.54. The Morgan fingerprint density at radius 3 is 1.60 bits per heavy atom. The second kappa shape index (κ2) is 16.2. The van der Waals surface area contributed by atoms with E-state index in [1.54, 1.807) is 0 Å². The van der Waals surface area contributed by atoms with Crippen molar-refractivity contribution < 1.29 is 4.39 Å². The summed E-state index contributed by atoms with van der Waals surface area (Å²) in [6.07, 6.45) is 4.29. The van der Waals surface area contributed by atoms with Crippen molar-refractivity contribution in [1.82, 2.24) is 0 Å². The zero-order valence-corrected chi connectivity index (χ0v) is 8.58. The summed E-state index contributed by atoms with van der Waals surface area (Å²) in [5.74, 6) is 0. The number of halogens is 2. The van der Waals surface area contributed by atoms with Crippen LogP contribution in [0, 0.1) is 0 Å². The molecule has 64 valence electrons. The summed E-state index contributed by atoms with van der Waals surface area (Å²) in [6, 6.07) is 0.